The highest BCUT2D eigenvalue weighted by atomic mass is 16.1. The lowest BCUT2D eigenvalue weighted by molar-refractivity contribution is 0.111. The summed E-state index contributed by atoms with van der Waals surface area (Å²) < 4.78 is 0. The quantitative estimate of drug-likeness (QED) is 0.593. The van der Waals surface area contributed by atoms with Gasteiger partial charge in [0.1, 0.15) is 11.4 Å². The van der Waals surface area contributed by atoms with Crippen molar-refractivity contribution in [2.45, 2.75) is 0 Å². The Morgan fingerprint density at radius 1 is 1.25 bits per heavy atom. The monoisotopic (exact) mass is 160 g/mol. The van der Waals surface area contributed by atoms with Gasteiger partial charge in [-0.2, -0.15) is 5.26 Å². The molecule has 0 N–H and O–H groups in total. The van der Waals surface area contributed by atoms with Crippen LogP contribution in [0.3, 0.4) is 0 Å². The van der Waals surface area contributed by atoms with Gasteiger partial charge in [-0.25, -0.2) is 4.98 Å². The van der Waals surface area contributed by atoms with Crippen LogP contribution in [0.15, 0.2) is 12.1 Å². The predicted octanol–water partition coefficient (Wildman–Crippen LogP) is 0.578. The molecule has 1 aromatic heterocycles. The predicted molar refractivity (Wildman–Crippen MR) is 39.7 cm³/mol. The minimum absolute atomic E-state index is 0.0937. The molecule has 12 heavy (non-hydrogen) atoms. The Kier molecular flexibility index (Phi) is 2.29. The summed E-state index contributed by atoms with van der Waals surface area (Å²) in [5.41, 5.74) is 0.446. The molecule has 58 valence electrons. The molecule has 0 unspecified atom stereocenters. The summed E-state index contributed by atoms with van der Waals surface area (Å²) in [6, 6.07) is 4.46. The second-order valence-electron chi connectivity index (χ2n) is 2.05. The van der Waals surface area contributed by atoms with Crippen molar-refractivity contribution in [2.24, 2.45) is 0 Å². The van der Waals surface area contributed by atoms with Crippen molar-refractivity contribution < 1.29 is 9.59 Å². The number of carbonyl (C=O) groups excluding carboxylic acids is 2. The Labute approximate surface area is 68.5 Å². The van der Waals surface area contributed by atoms with Crippen LogP contribution < -0.4 is 0 Å². The lowest BCUT2D eigenvalue weighted by Crippen LogP contribution is -1.94. The first-order valence-electron chi connectivity index (χ1n) is 3.12. The fraction of sp³-hybridized carbons (Fsp3) is 0. The first-order valence-corrected chi connectivity index (χ1v) is 3.12. The Balaban J connectivity index is 3.30. The lowest BCUT2D eigenvalue weighted by Gasteiger charge is -1.92. The average Bonchev–Trinajstić information content (AvgIpc) is 2.16. The topological polar surface area (TPSA) is 70.8 Å². The van der Waals surface area contributed by atoms with Gasteiger partial charge in [0, 0.05) is 0 Å². The van der Waals surface area contributed by atoms with E-state index in [-0.39, 0.29) is 17.0 Å². The summed E-state index contributed by atoms with van der Waals surface area (Å²) in [4.78, 5) is 24.1. The standard InChI is InChI=1S/C8H4N2O2/c9-3-6-1-7(4-11)10-8(2-6)5-12/h1-2,4-5H. The molecule has 0 saturated carbocycles. The van der Waals surface area contributed by atoms with Gasteiger partial charge in [-0.1, -0.05) is 0 Å². The van der Waals surface area contributed by atoms with E-state index in [2.05, 4.69) is 4.98 Å². The van der Waals surface area contributed by atoms with E-state index in [0.717, 1.165) is 0 Å². The van der Waals surface area contributed by atoms with Crippen molar-refractivity contribution in [3.8, 4) is 6.07 Å². The summed E-state index contributed by atoms with van der Waals surface area (Å²) >= 11 is 0. The van der Waals surface area contributed by atoms with Gasteiger partial charge in [0.25, 0.3) is 0 Å². The summed E-state index contributed by atoms with van der Waals surface area (Å²) in [7, 11) is 0. The first kappa shape index (κ1) is 8.08. The van der Waals surface area contributed by atoms with Gasteiger partial charge in [0.2, 0.25) is 0 Å². The Morgan fingerprint density at radius 3 is 2.08 bits per heavy atom. The summed E-state index contributed by atoms with van der Waals surface area (Å²) in [6.45, 7) is 0. The highest BCUT2D eigenvalue weighted by Gasteiger charge is 1.99. The number of nitriles is 1. The number of aromatic nitrogens is 1. The third-order valence-electron chi connectivity index (χ3n) is 1.24. The smallest absolute Gasteiger partial charge is 0.168 e. The van der Waals surface area contributed by atoms with E-state index in [1.54, 1.807) is 0 Å². The van der Waals surface area contributed by atoms with Gasteiger partial charge >= 0.3 is 0 Å². The molecule has 4 heteroatoms. The van der Waals surface area contributed by atoms with E-state index in [9.17, 15) is 9.59 Å². The first-order chi connectivity index (χ1) is 5.80. The molecule has 0 atom stereocenters. The van der Waals surface area contributed by atoms with Gasteiger partial charge in [-0.3, -0.25) is 9.59 Å². The number of aldehydes is 2. The highest BCUT2D eigenvalue weighted by molar-refractivity contribution is 5.78. The van der Waals surface area contributed by atoms with Gasteiger partial charge in [-0.15, -0.1) is 0 Å². The Bertz CT molecular complexity index is 340. The number of hydrogen-bond donors (Lipinski definition) is 0. The number of carbonyl (C=O) groups is 2. The third kappa shape index (κ3) is 1.52. The second-order valence-corrected chi connectivity index (χ2v) is 2.05. The van der Waals surface area contributed by atoms with Crippen molar-refractivity contribution in [3.05, 3.63) is 29.1 Å². The molecule has 0 saturated heterocycles. The second kappa shape index (κ2) is 3.39. The molecule has 1 rings (SSSR count). The summed E-state index contributed by atoms with van der Waals surface area (Å²) in [6.07, 6.45) is 0.988. The van der Waals surface area contributed by atoms with Crippen LogP contribution in [0.1, 0.15) is 26.5 Å². The van der Waals surface area contributed by atoms with Crippen LogP contribution in [0.2, 0.25) is 0 Å². The SMILES string of the molecule is N#Cc1cc(C=O)nc(C=O)c1. The van der Waals surface area contributed by atoms with Crippen LogP contribution in [0, 0.1) is 11.3 Å². The number of hydrogen-bond acceptors (Lipinski definition) is 4. The van der Waals surface area contributed by atoms with Crippen LogP contribution >= 0.6 is 0 Å². The number of nitrogens with zero attached hydrogens (tertiary/aromatic N) is 2. The van der Waals surface area contributed by atoms with Crippen molar-refractivity contribution >= 4 is 12.6 Å². The van der Waals surface area contributed by atoms with Crippen LogP contribution in [0.4, 0.5) is 0 Å². The van der Waals surface area contributed by atoms with Gasteiger partial charge in [0.05, 0.1) is 11.6 Å². The van der Waals surface area contributed by atoms with Crippen LogP contribution in [0.25, 0.3) is 0 Å². The third-order valence-corrected chi connectivity index (χ3v) is 1.24. The molecule has 0 spiro atoms. The average molecular weight is 160 g/mol. The largest absolute Gasteiger partial charge is 0.296 e. The van der Waals surface area contributed by atoms with Crippen molar-refractivity contribution in [1.82, 2.24) is 4.98 Å². The zero-order chi connectivity index (χ0) is 8.97. The minimum Gasteiger partial charge on any atom is -0.296 e. The molecule has 1 heterocycles. The molecule has 0 aliphatic heterocycles. The maximum Gasteiger partial charge on any atom is 0.168 e. The molecule has 0 radical (unpaired) electrons. The number of pyridine rings is 1. The maximum atomic E-state index is 10.3. The fourth-order valence-corrected chi connectivity index (χ4v) is 0.759. The van der Waals surface area contributed by atoms with Crippen molar-refractivity contribution in [2.75, 3.05) is 0 Å². The van der Waals surface area contributed by atoms with E-state index in [1.165, 1.54) is 12.1 Å². The van der Waals surface area contributed by atoms with E-state index in [4.69, 9.17) is 5.26 Å². The van der Waals surface area contributed by atoms with Crippen LogP contribution in [-0.4, -0.2) is 17.6 Å². The minimum atomic E-state index is 0.0937. The summed E-state index contributed by atoms with van der Waals surface area (Å²) in [5.74, 6) is 0. The molecular formula is C8H4N2O2. The zero-order valence-corrected chi connectivity index (χ0v) is 6.02. The van der Waals surface area contributed by atoms with Crippen LogP contribution in [-0.2, 0) is 0 Å². The fourth-order valence-electron chi connectivity index (χ4n) is 0.759. The van der Waals surface area contributed by atoms with Crippen LogP contribution in [0.5, 0.6) is 0 Å². The Hall–Kier alpha value is -2.02. The lowest BCUT2D eigenvalue weighted by atomic mass is 10.2. The number of rotatable bonds is 2. The van der Waals surface area contributed by atoms with Gasteiger partial charge in [-0.05, 0) is 12.1 Å². The van der Waals surface area contributed by atoms with Gasteiger partial charge in [0.15, 0.2) is 12.6 Å². The maximum absolute atomic E-state index is 10.3. The van der Waals surface area contributed by atoms with E-state index in [1.807, 2.05) is 6.07 Å². The van der Waals surface area contributed by atoms with Crippen molar-refractivity contribution in [1.29, 1.82) is 5.26 Å². The van der Waals surface area contributed by atoms with Crippen molar-refractivity contribution in [3.63, 3.8) is 0 Å². The molecule has 0 bridgehead atoms. The molecule has 0 fully saturated rings. The molecule has 1 aromatic rings. The zero-order valence-electron chi connectivity index (χ0n) is 6.02. The van der Waals surface area contributed by atoms with E-state index in [0.29, 0.717) is 12.6 Å². The molecule has 0 amide bonds. The van der Waals surface area contributed by atoms with E-state index >= 15 is 0 Å². The molecule has 0 aliphatic carbocycles. The highest BCUT2D eigenvalue weighted by Crippen LogP contribution is 2.01. The van der Waals surface area contributed by atoms with Gasteiger partial charge < -0.3 is 0 Å². The molecule has 4 nitrogen and oxygen atoms in total. The Morgan fingerprint density at radius 2 is 1.75 bits per heavy atom. The molecule has 0 aromatic carbocycles. The molecular weight excluding hydrogens is 156 g/mol. The van der Waals surface area contributed by atoms with E-state index < -0.39 is 0 Å². The summed E-state index contributed by atoms with van der Waals surface area (Å²) in [5, 5.41) is 8.47. The molecule has 0 aliphatic rings. The normalized spacial score (nSPS) is 8.58.